The summed E-state index contributed by atoms with van der Waals surface area (Å²) in [6, 6.07) is 9.89. The molecular weight excluding hydrogens is 284 g/mol. The lowest BCUT2D eigenvalue weighted by Crippen LogP contribution is -2.08. The van der Waals surface area contributed by atoms with Gasteiger partial charge in [-0.3, -0.25) is 0 Å². The van der Waals surface area contributed by atoms with Crippen molar-refractivity contribution >= 4 is 23.4 Å². The molecule has 0 aliphatic heterocycles. The first kappa shape index (κ1) is 14.1. The molecule has 0 atom stereocenters. The Morgan fingerprint density at radius 1 is 1.19 bits per heavy atom. The summed E-state index contributed by atoms with van der Waals surface area (Å²) in [5.41, 5.74) is 2.19. The molecule has 4 nitrogen and oxygen atoms in total. The molecule has 1 fully saturated rings. The van der Waals surface area contributed by atoms with Gasteiger partial charge in [0.05, 0.1) is 5.69 Å². The highest BCUT2D eigenvalue weighted by molar-refractivity contribution is 6.31. The Hall–Kier alpha value is -1.81. The van der Waals surface area contributed by atoms with Gasteiger partial charge in [0.1, 0.15) is 5.82 Å². The molecule has 1 aliphatic carbocycles. The molecule has 0 bridgehead atoms. The molecule has 110 valence electrons. The van der Waals surface area contributed by atoms with Crippen LogP contribution in [-0.2, 0) is 6.54 Å². The van der Waals surface area contributed by atoms with Gasteiger partial charge in [-0.2, -0.15) is 4.98 Å². The SMILES string of the molecule is CCNc1nc(NCc2ccccc2Cl)cc(C2CC2)n1. The van der Waals surface area contributed by atoms with Crippen LogP contribution in [0.4, 0.5) is 11.8 Å². The monoisotopic (exact) mass is 302 g/mol. The molecule has 21 heavy (non-hydrogen) atoms. The van der Waals surface area contributed by atoms with Crippen molar-refractivity contribution < 1.29 is 0 Å². The number of nitrogens with one attached hydrogen (secondary N) is 2. The minimum atomic E-state index is 0.603. The lowest BCUT2D eigenvalue weighted by molar-refractivity contribution is 0.967. The van der Waals surface area contributed by atoms with Gasteiger partial charge in [0, 0.05) is 30.1 Å². The maximum absolute atomic E-state index is 6.18. The fourth-order valence-corrected chi connectivity index (χ4v) is 2.41. The fraction of sp³-hybridized carbons (Fsp3) is 0.375. The van der Waals surface area contributed by atoms with Gasteiger partial charge in [0.2, 0.25) is 5.95 Å². The van der Waals surface area contributed by atoms with E-state index in [0.717, 1.165) is 28.6 Å². The van der Waals surface area contributed by atoms with Crippen LogP contribution in [0.1, 0.15) is 36.9 Å². The van der Waals surface area contributed by atoms with Gasteiger partial charge in [-0.05, 0) is 31.4 Å². The highest BCUT2D eigenvalue weighted by Gasteiger charge is 2.26. The Morgan fingerprint density at radius 2 is 2.00 bits per heavy atom. The first-order valence-corrected chi connectivity index (χ1v) is 7.74. The average Bonchev–Trinajstić information content (AvgIpc) is 3.31. The quantitative estimate of drug-likeness (QED) is 0.845. The van der Waals surface area contributed by atoms with Gasteiger partial charge in [0.15, 0.2) is 0 Å². The summed E-state index contributed by atoms with van der Waals surface area (Å²) in [6.45, 7) is 3.52. The van der Waals surface area contributed by atoms with Crippen LogP contribution in [0.2, 0.25) is 5.02 Å². The third-order valence-electron chi connectivity index (χ3n) is 3.49. The smallest absolute Gasteiger partial charge is 0.224 e. The van der Waals surface area contributed by atoms with Crippen LogP contribution in [0.3, 0.4) is 0 Å². The lowest BCUT2D eigenvalue weighted by atomic mass is 10.2. The van der Waals surface area contributed by atoms with Crippen LogP contribution in [0.25, 0.3) is 0 Å². The van der Waals surface area contributed by atoms with E-state index in [0.29, 0.717) is 18.4 Å². The normalized spacial score (nSPS) is 14.0. The molecule has 0 saturated heterocycles. The van der Waals surface area contributed by atoms with Crippen molar-refractivity contribution in [3.63, 3.8) is 0 Å². The number of benzene rings is 1. The zero-order chi connectivity index (χ0) is 14.7. The zero-order valence-electron chi connectivity index (χ0n) is 12.1. The maximum atomic E-state index is 6.18. The molecule has 5 heteroatoms. The fourth-order valence-electron chi connectivity index (χ4n) is 2.21. The summed E-state index contributed by atoms with van der Waals surface area (Å²) in [4.78, 5) is 9.07. The number of hydrogen-bond donors (Lipinski definition) is 2. The summed E-state index contributed by atoms with van der Waals surface area (Å²) in [5, 5.41) is 7.31. The Morgan fingerprint density at radius 3 is 2.71 bits per heavy atom. The maximum Gasteiger partial charge on any atom is 0.224 e. The first-order chi connectivity index (χ1) is 10.3. The number of aromatic nitrogens is 2. The molecule has 1 aliphatic rings. The molecular formula is C16H19ClN4. The van der Waals surface area contributed by atoms with Crippen molar-refractivity contribution in [2.24, 2.45) is 0 Å². The Bertz CT molecular complexity index is 625. The van der Waals surface area contributed by atoms with Crippen molar-refractivity contribution in [3.8, 4) is 0 Å². The van der Waals surface area contributed by atoms with Crippen molar-refractivity contribution in [2.45, 2.75) is 32.2 Å². The van der Waals surface area contributed by atoms with Gasteiger partial charge in [-0.25, -0.2) is 4.98 Å². The van der Waals surface area contributed by atoms with Crippen molar-refractivity contribution in [2.75, 3.05) is 17.2 Å². The first-order valence-electron chi connectivity index (χ1n) is 7.36. The Balaban J connectivity index is 1.76. The predicted octanol–water partition coefficient (Wildman–Crippen LogP) is 4.05. The molecule has 1 aromatic carbocycles. The van der Waals surface area contributed by atoms with E-state index in [1.165, 1.54) is 12.8 Å². The third-order valence-corrected chi connectivity index (χ3v) is 3.86. The van der Waals surface area contributed by atoms with Crippen molar-refractivity contribution in [1.82, 2.24) is 9.97 Å². The molecule has 3 rings (SSSR count). The van der Waals surface area contributed by atoms with E-state index in [9.17, 15) is 0 Å². The number of anilines is 2. The van der Waals surface area contributed by atoms with Crippen LogP contribution in [0.15, 0.2) is 30.3 Å². The third kappa shape index (κ3) is 3.64. The van der Waals surface area contributed by atoms with Gasteiger partial charge in [-0.15, -0.1) is 0 Å². The molecule has 0 amide bonds. The van der Waals surface area contributed by atoms with Gasteiger partial charge >= 0.3 is 0 Å². The average molecular weight is 303 g/mol. The predicted molar refractivity (Wildman–Crippen MR) is 86.9 cm³/mol. The van der Waals surface area contributed by atoms with Crippen LogP contribution < -0.4 is 10.6 Å². The van der Waals surface area contributed by atoms with E-state index in [1.807, 2.05) is 31.2 Å². The number of hydrogen-bond acceptors (Lipinski definition) is 4. The summed E-state index contributed by atoms with van der Waals surface area (Å²) < 4.78 is 0. The molecule has 2 aromatic rings. The zero-order valence-corrected chi connectivity index (χ0v) is 12.8. The van der Waals surface area contributed by atoms with E-state index in [2.05, 4.69) is 26.7 Å². The Labute approximate surface area is 130 Å². The van der Waals surface area contributed by atoms with Gasteiger partial charge in [0.25, 0.3) is 0 Å². The summed E-state index contributed by atoms with van der Waals surface area (Å²) >= 11 is 6.18. The van der Waals surface area contributed by atoms with Gasteiger partial charge < -0.3 is 10.6 Å². The van der Waals surface area contributed by atoms with Crippen molar-refractivity contribution in [1.29, 1.82) is 0 Å². The highest BCUT2D eigenvalue weighted by Crippen LogP contribution is 2.39. The molecule has 0 spiro atoms. The van der Waals surface area contributed by atoms with Gasteiger partial charge in [-0.1, -0.05) is 29.8 Å². The van der Waals surface area contributed by atoms with E-state index < -0.39 is 0 Å². The summed E-state index contributed by atoms with van der Waals surface area (Å²) in [7, 11) is 0. The van der Waals surface area contributed by atoms with Crippen LogP contribution in [0.5, 0.6) is 0 Å². The minimum Gasteiger partial charge on any atom is -0.366 e. The lowest BCUT2D eigenvalue weighted by Gasteiger charge is -2.11. The largest absolute Gasteiger partial charge is 0.366 e. The standard InChI is InChI=1S/C16H19ClN4/c1-2-18-16-20-14(11-7-8-11)9-15(21-16)19-10-12-5-3-4-6-13(12)17/h3-6,9,11H,2,7-8,10H2,1H3,(H2,18,19,20,21). The second-order valence-corrected chi connectivity index (χ2v) is 5.66. The second-order valence-electron chi connectivity index (χ2n) is 5.25. The summed E-state index contributed by atoms with van der Waals surface area (Å²) in [6.07, 6.45) is 2.46. The summed E-state index contributed by atoms with van der Waals surface area (Å²) in [5.74, 6) is 2.15. The number of rotatable bonds is 6. The minimum absolute atomic E-state index is 0.603. The molecule has 1 heterocycles. The molecule has 0 radical (unpaired) electrons. The molecule has 2 N–H and O–H groups in total. The van der Waals surface area contributed by atoms with E-state index in [4.69, 9.17) is 11.6 Å². The van der Waals surface area contributed by atoms with E-state index in [1.54, 1.807) is 0 Å². The molecule has 0 unspecified atom stereocenters. The number of nitrogens with zero attached hydrogens (tertiary/aromatic N) is 2. The van der Waals surface area contributed by atoms with Crippen molar-refractivity contribution in [3.05, 3.63) is 46.6 Å². The van der Waals surface area contributed by atoms with Crippen LogP contribution in [0, 0.1) is 0 Å². The molecule has 1 aromatic heterocycles. The van der Waals surface area contributed by atoms with E-state index in [-0.39, 0.29) is 0 Å². The second kappa shape index (κ2) is 6.31. The highest BCUT2D eigenvalue weighted by atomic mass is 35.5. The van der Waals surface area contributed by atoms with Crippen LogP contribution in [-0.4, -0.2) is 16.5 Å². The molecule has 1 saturated carbocycles. The van der Waals surface area contributed by atoms with Crippen LogP contribution >= 0.6 is 11.6 Å². The Kier molecular flexibility index (Phi) is 4.25. The van der Waals surface area contributed by atoms with E-state index >= 15 is 0 Å². The number of halogens is 1. The topological polar surface area (TPSA) is 49.8 Å².